The molecular formula is C16H18S. The van der Waals surface area contributed by atoms with E-state index in [1.807, 2.05) is 17.8 Å². The minimum absolute atomic E-state index is 0.587. The quantitative estimate of drug-likeness (QED) is 0.704. The molecule has 0 N–H and O–H groups in total. The number of allylic oxidation sites excluding steroid dienone is 4. The summed E-state index contributed by atoms with van der Waals surface area (Å²) in [7, 11) is 0. The second kappa shape index (κ2) is 5.42. The van der Waals surface area contributed by atoms with Crippen LogP contribution < -0.4 is 0 Å². The highest BCUT2D eigenvalue weighted by Gasteiger charge is 2.17. The lowest BCUT2D eigenvalue weighted by Crippen LogP contribution is -2.02. The fourth-order valence-corrected chi connectivity index (χ4v) is 3.11. The molecule has 1 heteroatoms. The first-order valence-corrected chi connectivity index (χ1v) is 6.82. The van der Waals surface area contributed by atoms with Crippen LogP contribution in [0.4, 0.5) is 0 Å². The molecule has 17 heavy (non-hydrogen) atoms. The number of benzene rings is 1. The molecule has 2 rings (SSSR count). The number of hydrogen-bond acceptors (Lipinski definition) is 1. The highest BCUT2D eigenvalue weighted by molar-refractivity contribution is 8.03. The lowest BCUT2D eigenvalue weighted by atomic mass is 10.00. The molecule has 0 atom stereocenters. The minimum Gasteiger partial charge on any atom is -0.0990 e. The van der Waals surface area contributed by atoms with E-state index in [0.29, 0.717) is 5.92 Å². The molecule has 0 saturated heterocycles. The van der Waals surface area contributed by atoms with Gasteiger partial charge in [0.2, 0.25) is 0 Å². The van der Waals surface area contributed by atoms with E-state index in [1.54, 1.807) is 0 Å². The summed E-state index contributed by atoms with van der Waals surface area (Å²) in [5.74, 6) is 0.587. The third-order valence-electron chi connectivity index (χ3n) is 2.69. The van der Waals surface area contributed by atoms with Crippen LogP contribution in [0.5, 0.6) is 0 Å². The Morgan fingerprint density at radius 1 is 1.29 bits per heavy atom. The van der Waals surface area contributed by atoms with Crippen molar-refractivity contribution in [2.75, 3.05) is 0 Å². The Hall–Kier alpha value is -1.21. The maximum Gasteiger partial charge on any atom is 0.0157 e. The maximum atomic E-state index is 3.81. The molecule has 0 nitrogen and oxygen atoms in total. The summed E-state index contributed by atoms with van der Waals surface area (Å²) in [5.41, 5.74) is 2.87. The zero-order chi connectivity index (χ0) is 12.3. The van der Waals surface area contributed by atoms with Gasteiger partial charge in [0.25, 0.3) is 0 Å². The average molecular weight is 242 g/mol. The third kappa shape index (κ3) is 2.92. The number of hydrogen-bond donors (Lipinski definition) is 0. The van der Waals surface area contributed by atoms with Gasteiger partial charge in [-0.1, -0.05) is 62.5 Å². The van der Waals surface area contributed by atoms with Crippen molar-refractivity contribution >= 4 is 11.8 Å². The van der Waals surface area contributed by atoms with E-state index in [2.05, 4.69) is 56.8 Å². The second-order valence-electron chi connectivity index (χ2n) is 4.59. The SMILES string of the molecule is C=C/C=C1/Sc2ccccc2C/C1=C/C(C)C. The van der Waals surface area contributed by atoms with Crippen LogP contribution in [-0.4, -0.2) is 0 Å². The van der Waals surface area contributed by atoms with Crippen molar-refractivity contribution in [1.82, 2.24) is 0 Å². The van der Waals surface area contributed by atoms with Crippen molar-refractivity contribution in [3.05, 3.63) is 65.1 Å². The molecule has 0 spiro atoms. The number of thioether (sulfide) groups is 1. The molecule has 1 aromatic rings. The summed E-state index contributed by atoms with van der Waals surface area (Å²) in [4.78, 5) is 2.72. The van der Waals surface area contributed by atoms with E-state index in [4.69, 9.17) is 0 Å². The molecule has 0 aromatic heterocycles. The largest absolute Gasteiger partial charge is 0.0990 e. The van der Waals surface area contributed by atoms with Crippen LogP contribution in [0.3, 0.4) is 0 Å². The highest BCUT2D eigenvalue weighted by atomic mass is 32.2. The lowest BCUT2D eigenvalue weighted by molar-refractivity contribution is 0.818. The predicted molar refractivity (Wildman–Crippen MR) is 77.2 cm³/mol. The van der Waals surface area contributed by atoms with Gasteiger partial charge in [0.1, 0.15) is 0 Å². The third-order valence-corrected chi connectivity index (χ3v) is 3.93. The minimum atomic E-state index is 0.587. The van der Waals surface area contributed by atoms with Crippen LogP contribution in [0.1, 0.15) is 19.4 Å². The second-order valence-corrected chi connectivity index (χ2v) is 5.67. The summed E-state index contributed by atoms with van der Waals surface area (Å²) in [6.45, 7) is 8.26. The molecule has 1 aliphatic rings. The first-order chi connectivity index (χ1) is 8.20. The van der Waals surface area contributed by atoms with Gasteiger partial charge in [-0.3, -0.25) is 0 Å². The smallest absolute Gasteiger partial charge is 0.0157 e. The molecule has 0 unspecified atom stereocenters. The van der Waals surface area contributed by atoms with E-state index in [1.165, 1.54) is 20.9 Å². The van der Waals surface area contributed by atoms with Crippen molar-refractivity contribution in [3.8, 4) is 0 Å². The number of fused-ring (bicyclic) bond motifs is 1. The molecular weight excluding hydrogens is 224 g/mol. The topological polar surface area (TPSA) is 0 Å². The Bertz CT molecular complexity index is 478. The van der Waals surface area contributed by atoms with Crippen LogP contribution in [0, 0.1) is 5.92 Å². The number of rotatable bonds is 2. The van der Waals surface area contributed by atoms with Crippen LogP contribution in [0.25, 0.3) is 0 Å². The van der Waals surface area contributed by atoms with Gasteiger partial charge >= 0.3 is 0 Å². The lowest BCUT2D eigenvalue weighted by Gasteiger charge is -2.21. The standard InChI is InChI=1S/C16H18S/c1-4-7-15-14(10-12(2)3)11-13-8-5-6-9-16(13)17-15/h4-10,12H,1,11H2,2-3H3/b14-10-,15-7+. The first kappa shape index (κ1) is 12.3. The molecule has 1 heterocycles. The van der Waals surface area contributed by atoms with Gasteiger partial charge in [0.05, 0.1) is 0 Å². The van der Waals surface area contributed by atoms with E-state index >= 15 is 0 Å². The van der Waals surface area contributed by atoms with Crippen LogP contribution >= 0.6 is 11.8 Å². The van der Waals surface area contributed by atoms with Gasteiger partial charge in [-0.2, -0.15) is 0 Å². The Morgan fingerprint density at radius 3 is 2.76 bits per heavy atom. The maximum absolute atomic E-state index is 3.81. The molecule has 88 valence electrons. The Kier molecular flexibility index (Phi) is 3.90. The average Bonchev–Trinajstić information content (AvgIpc) is 2.29. The molecule has 0 amide bonds. The van der Waals surface area contributed by atoms with Crippen molar-refractivity contribution < 1.29 is 0 Å². The van der Waals surface area contributed by atoms with Gasteiger partial charge in [-0.05, 0) is 35.6 Å². The summed E-state index contributed by atoms with van der Waals surface area (Å²) >= 11 is 1.85. The fraction of sp³-hybridized carbons (Fsp3) is 0.250. The molecule has 0 bridgehead atoms. The Morgan fingerprint density at radius 2 is 2.06 bits per heavy atom. The van der Waals surface area contributed by atoms with Crippen molar-refractivity contribution in [2.45, 2.75) is 25.2 Å². The Balaban J connectivity index is 2.41. The molecule has 0 radical (unpaired) electrons. The van der Waals surface area contributed by atoms with Crippen molar-refractivity contribution in [1.29, 1.82) is 0 Å². The normalized spacial score (nSPS) is 19.7. The van der Waals surface area contributed by atoms with Gasteiger partial charge in [-0.25, -0.2) is 0 Å². The van der Waals surface area contributed by atoms with Crippen LogP contribution in [0.15, 0.2) is 64.4 Å². The molecule has 0 aliphatic carbocycles. The summed E-state index contributed by atoms with van der Waals surface area (Å²) in [6.07, 6.45) is 7.40. The van der Waals surface area contributed by atoms with Crippen molar-refractivity contribution in [2.24, 2.45) is 5.92 Å². The molecule has 0 fully saturated rings. The monoisotopic (exact) mass is 242 g/mol. The predicted octanol–water partition coefficient (Wildman–Crippen LogP) is 4.99. The Labute approximate surface area is 108 Å². The molecule has 0 saturated carbocycles. The van der Waals surface area contributed by atoms with E-state index in [9.17, 15) is 0 Å². The zero-order valence-electron chi connectivity index (χ0n) is 10.4. The van der Waals surface area contributed by atoms with Crippen molar-refractivity contribution in [3.63, 3.8) is 0 Å². The fourth-order valence-electron chi connectivity index (χ4n) is 2.02. The van der Waals surface area contributed by atoms with Gasteiger partial charge < -0.3 is 0 Å². The van der Waals surface area contributed by atoms with E-state index in [0.717, 1.165) is 6.42 Å². The summed E-state index contributed by atoms with van der Waals surface area (Å²) < 4.78 is 0. The molecule has 1 aromatic carbocycles. The van der Waals surface area contributed by atoms with Gasteiger partial charge in [0, 0.05) is 9.80 Å². The van der Waals surface area contributed by atoms with E-state index < -0.39 is 0 Å². The van der Waals surface area contributed by atoms with Crippen LogP contribution in [0.2, 0.25) is 0 Å². The highest BCUT2D eigenvalue weighted by Crippen LogP contribution is 2.41. The summed E-state index contributed by atoms with van der Waals surface area (Å²) in [5, 5.41) is 0. The van der Waals surface area contributed by atoms with Crippen LogP contribution in [-0.2, 0) is 6.42 Å². The van der Waals surface area contributed by atoms with Gasteiger partial charge in [0.15, 0.2) is 0 Å². The van der Waals surface area contributed by atoms with E-state index in [-0.39, 0.29) is 0 Å². The zero-order valence-corrected chi connectivity index (χ0v) is 11.3. The van der Waals surface area contributed by atoms with Gasteiger partial charge in [-0.15, -0.1) is 0 Å². The first-order valence-electron chi connectivity index (χ1n) is 6.00. The molecule has 1 aliphatic heterocycles. The summed E-state index contributed by atoms with van der Waals surface area (Å²) in [6, 6.07) is 8.65.